The summed E-state index contributed by atoms with van der Waals surface area (Å²) in [4.78, 5) is 22.9. The second kappa shape index (κ2) is 8.29. The van der Waals surface area contributed by atoms with Crippen molar-refractivity contribution in [3.05, 3.63) is 40.2 Å². The van der Waals surface area contributed by atoms with Gasteiger partial charge in [0.2, 0.25) is 10.0 Å². The molecule has 2 aromatic heterocycles. The van der Waals surface area contributed by atoms with Gasteiger partial charge in [-0.1, -0.05) is 13.8 Å². The fraction of sp³-hybridized carbons (Fsp3) is 0.350. The van der Waals surface area contributed by atoms with Crippen molar-refractivity contribution < 1.29 is 18.3 Å². The smallest absolute Gasteiger partial charge is 0.266 e. The number of carbonyl (C=O) groups is 1. The minimum atomic E-state index is -3.72. The van der Waals surface area contributed by atoms with E-state index in [1.165, 1.54) is 33.8 Å². The van der Waals surface area contributed by atoms with Gasteiger partial charge in [0.25, 0.3) is 5.91 Å². The Hall–Kier alpha value is -2.56. The predicted octanol–water partition coefficient (Wildman–Crippen LogP) is 3.60. The van der Waals surface area contributed by atoms with Crippen molar-refractivity contribution in [2.75, 3.05) is 18.4 Å². The standard InChI is InChI=1S/C20H24N4O4S2/c1-6-24(7-2)30(27,28)14-8-9-16(25)15(10-14)23-19(26)18-11(3)17-12(4)21-13(5)22-20(17)29-18/h8-10,25H,6-7H2,1-5H3,(H,23,26). The first-order valence-electron chi connectivity index (χ1n) is 9.49. The van der Waals surface area contributed by atoms with E-state index >= 15 is 0 Å². The Balaban J connectivity index is 1.99. The molecule has 0 aliphatic carbocycles. The second-order valence-electron chi connectivity index (χ2n) is 6.81. The minimum Gasteiger partial charge on any atom is -0.506 e. The van der Waals surface area contributed by atoms with Crippen LogP contribution in [0.1, 0.15) is 40.6 Å². The van der Waals surface area contributed by atoms with E-state index in [0.29, 0.717) is 28.6 Å². The highest BCUT2D eigenvalue weighted by atomic mass is 32.2. The molecule has 0 radical (unpaired) electrons. The monoisotopic (exact) mass is 448 g/mol. The van der Waals surface area contributed by atoms with Crippen molar-refractivity contribution >= 4 is 43.2 Å². The topological polar surface area (TPSA) is 112 Å². The van der Waals surface area contributed by atoms with Crippen molar-refractivity contribution in [2.24, 2.45) is 0 Å². The van der Waals surface area contributed by atoms with Crippen LogP contribution in [-0.4, -0.2) is 46.8 Å². The third-order valence-electron chi connectivity index (χ3n) is 4.85. The van der Waals surface area contributed by atoms with Gasteiger partial charge in [0.1, 0.15) is 16.4 Å². The van der Waals surface area contributed by atoms with Crippen LogP contribution in [0.4, 0.5) is 5.69 Å². The van der Waals surface area contributed by atoms with Crippen LogP contribution in [0.5, 0.6) is 5.75 Å². The quantitative estimate of drug-likeness (QED) is 0.557. The van der Waals surface area contributed by atoms with Crippen LogP contribution in [0.2, 0.25) is 0 Å². The molecule has 0 saturated carbocycles. The Kier molecular flexibility index (Phi) is 6.11. The summed E-state index contributed by atoms with van der Waals surface area (Å²) in [5.74, 6) is -0.0344. The highest BCUT2D eigenvalue weighted by Crippen LogP contribution is 2.33. The van der Waals surface area contributed by atoms with Crippen molar-refractivity contribution in [3.63, 3.8) is 0 Å². The molecule has 3 aromatic rings. The number of benzene rings is 1. The number of sulfonamides is 1. The number of phenolic OH excluding ortho intramolecular Hbond substituents is 1. The molecule has 0 aliphatic heterocycles. The number of aromatic hydroxyl groups is 1. The number of aryl methyl sites for hydroxylation is 3. The number of nitrogens with zero attached hydrogens (tertiary/aromatic N) is 3. The lowest BCUT2D eigenvalue weighted by Gasteiger charge is -2.19. The van der Waals surface area contributed by atoms with E-state index in [4.69, 9.17) is 0 Å². The molecule has 1 aromatic carbocycles. The van der Waals surface area contributed by atoms with Gasteiger partial charge in [-0.3, -0.25) is 4.79 Å². The molecule has 0 aliphatic rings. The zero-order valence-corrected chi connectivity index (χ0v) is 19.1. The summed E-state index contributed by atoms with van der Waals surface area (Å²) >= 11 is 1.24. The number of rotatable bonds is 6. The minimum absolute atomic E-state index is 0.00435. The number of fused-ring (bicyclic) bond motifs is 1. The third kappa shape index (κ3) is 3.90. The number of hydrogen-bond donors (Lipinski definition) is 2. The van der Waals surface area contributed by atoms with Gasteiger partial charge in [0.05, 0.1) is 15.5 Å². The van der Waals surface area contributed by atoms with Crippen LogP contribution in [-0.2, 0) is 10.0 Å². The lowest BCUT2D eigenvalue weighted by atomic mass is 10.1. The Bertz CT molecular complexity index is 1230. The maximum atomic E-state index is 12.9. The van der Waals surface area contributed by atoms with E-state index in [0.717, 1.165) is 16.6 Å². The predicted molar refractivity (Wildman–Crippen MR) is 118 cm³/mol. The summed E-state index contributed by atoms with van der Waals surface area (Å²) in [6.45, 7) is 9.62. The van der Waals surface area contributed by atoms with E-state index in [2.05, 4.69) is 15.3 Å². The molecule has 8 nitrogen and oxygen atoms in total. The first kappa shape index (κ1) is 22.1. The highest BCUT2D eigenvalue weighted by Gasteiger charge is 2.24. The zero-order chi connectivity index (χ0) is 22.2. The first-order chi connectivity index (χ1) is 14.1. The average molecular weight is 449 g/mol. The maximum absolute atomic E-state index is 12.9. The molecule has 0 spiro atoms. The molecule has 0 bridgehead atoms. The molecule has 0 unspecified atom stereocenters. The van der Waals surface area contributed by atoms with Crippen molar-refractivity contribution in [3.8, 4) is 5.75 Å². The molecule has 10 heteroatoms. The molecule has 0 saturated heterocycles. The largest absolute Gasteiger partial charge is 0.506 e. The number of aromatic nitrogens is 2. The van der Waals surface area contributed by atoms with E-state index in [9.17, 15) is 18.3 Å². The molecule has 3 rings (SSSR count). The molecule has 1 amide bonds. The van der Waals surface area contributed by atoms with E-state index < -0.39 is 15.9 Å². The molecule has 0 fully saturated rings. The molecule has 2 N–H and O–H groups in total. The molecule has 30 heavy (non-hydrogen) atoms. The van der Waals surface area contributed by atoms with E-state index in [1.54, 1.807) is 20.8 Å². The van der Waals surface area contributed by atoms with Crippen LogP contribution in [0.3, 0.4) is 0 Å². The van der Waals surface area contributed by atoms with Gasteiger partial charge in [-0.05, 0) is 44.5 Å². The summed E-state index contributed by atoms with van der Waals surface area (Å²) in [5, 5.41) is 13.7. The molecule has 2 heterocycles. The first-order valence-corrected chi connectivity index (χ1v) is 11.7. The summed E-state index contributed by atoms with van der Waals surface area (Å²) in [7, 11) is -3.72. The van der Waals surface area contributed by atoms with E-state index in [1.807, 2.05) is 13.8 Å². The van der Waals surface area contributed by atoms with Crippen LogP contribution in [0.15, 0.2) is 23.1 Å². The van der Waals surface area contributed by atoms with Crippen molar-refractivity contribution in [1.82, 2.24) is 14.3 Å². The number of hydrogen-bond acceptors (Lipinski definition) is 7. The fourth-order valence-electron chi connectivity index (χ4n) is 3.36. The SMILES string of the molecule is CCN(CC)S(=O)(=O)c1ccc(O)c(NC(=O)c2sc3nc(C)nc(C)c3c2C)c1. The normalized spacial score (nSPS) is 11.9. The second-order valence-corrected chi connectivity index (χ2v) is 9.75. The van der Waals surface area contributed by atoms with Crippen LogP contribution in [0.25, 0.3) is 10.2 Å². The Morgan fingerprint density at radius 3 is 2.47 bits per heavy atom. The van der Waals surface area contributed by atoms with Crippen LogP contribution in [0, 0.1) is 20.8 Å². The van der Waals surface area contributed by atoms with Crippen LogP contribution < -0.4 is 5.32 Å². The van der Waals surface area contributed by atoms with Crippen LogP contribution >= 0.6 is 11.3 Å². The van der Waals surface area contributed by atoms with Gasteiger partial charge in [0.15, 0.2) is 0 Å². The number of amides is 1. The summed E-state index contributed by atoms with van der Waals surface area (Å²) in [6, 6.07) is 3.87. The fourth-order valence-corrected chi connectivity index (χ4v) is 6.02. The van der Waals surface area contributed by atoms with E-state index in [-0.39, 0.29) is 16.3 Å². The molecular formula is C20H24N4O4S2. The lowest BCUT2D eigenvalue weighted by Crippen LogP contribution is -2.30. The van der Waals surface area contributed by atoms with Crippen molar-refractivity contribution in [1.29, 1.82) is 0 Å². The summed E-state index contributed by atoms with van der Waals surface area (Å²) < 4.78 is 26.9. The Morgan fingerprint density at radius 2 is 1.83 bits per heavy atom. The third-order valence-corrected chi connectivity index (χ3v) is 8.08. The van der Waals surface area contributed by atoms with Gasteiger partial charge in [-0.25, -0.2) is 18.4 Å². The molecule has 0 atom stereocenters. The Labute approximate surface area is 179 Å². The number of nitrogens with one attached hydrogen (secondary N) is 1. The summed E-state index contributed by atoms with van der Waals surface area (Å²) in [5.41, 5.74) is 1.57. The van der Waals surface area contributed by atoms with Gasteiger partial charge in [-0.15, -0.1) is 11.3 Å². The van der Waals surface area contributed by atoms with Gasteiger partial charge in [0, 0.05) is 24.2 Å². The lowest BCUT2D eigenvalue weighted by molar-refractivity contribution is 0.102. The zero-order valence-electron chi connectivity index (χ0n) is 17.5. The maximum Gasteiger partial charge on any atom is 0.266 e. The number of phenols is 1. The van der Waals surface area contributed by atoms with Gasteiger partial charge < -0.3 is 10.4 Å². The molecular weight excluding hydrogens is 424 g/mol. The number of anilines is 1. The highest BCUT2D eigenvalue weighted by molar-refractivity contribution is 7.89. The molecule has 160 valence electrons. The van der Waals surface area contributed by atoms with Gasteiger partial charge in [-0.2, -0.15) is 4.31 Å². The van der Waals surface area contributed by atoms with Gasteiger partial charge >= 0.3 is 0 Å². The summed E-state index contributed by atoms with van der Waals surface area (Å²) in [6.07, 6.45) is 0. The number of carbonyl (C=O) groups excluding carboxylic acids is 1. The Morgan fingerprint density at radius 1 is 1.17 bits per heavy atom. The number of thiophene rings is 1. The van der Waals surface area contributed by atoms with Crippen molar-refractivity contribution in [2.45, 2.75) is 39.5 Å². The average Bonchev–Trinajstić information content (AvgIpc) is 3.00.